The van der Waals surface area contributed by atoms with Crippen LogP contribution in [0, 0.1) is 6.92 Å². The average Bonchev–Trinajstić information content (AvgIpc) is 2.47. The standard InChI is InChI=1S/C17H13NO3/c1-9-13-6-10(19)3-5-15(13)18-17-12-4-2-11(20)7-16(12)21-8-14(9)17/h2-7,19-20H,8H2,1H3. The number of rotatable bonds is 0. The Morgan fingerprint density at radius 2 is 1.81 bits per heavy atom. The quantitative estimate of drug-likeness (QED) is 0.661. The largest absolute Gasteiger partial charge is 0.508 e. The first-order valence-electron chi connectivity index (χ1n) is 6.72. The van der Waals surface area contributed by atoms with Gasteiger partial charge >= 0.3 is 0 Å². The predicted molar refractivity (Wildman–Crippen MR) is 79.6 cm³/mol. The van der Waals surface area contributed by atoms with E-state index in [4.69, 9.17) is 9.72 Å². The SMILES string of the molecule is Cc1c2c(nc3ccc(O)cc13)-c1ccc(O)cc1OC2. The highest BCUT2D eigenvalue weighted by atomic mass is 16.5. The summed E-state index contributed by atoms with van der Waals surface area (Å²) in [6, 6.07) is 10.2. The maximum absolute atomic E-state index is 9.66. The molecule has 0 atom stereocenters. The normalized spacial score (nSPS) is 12.6. The molecular formula is C17H13NO3. The smallest absolute Gasteiger partial charge is 0.132 e. The third-order valence-corrected chi connectivity index (χ3v) is 3.95. The molecule has 3 aromatic rings. The Balaban J connectivity index is 2.06. The van der Waals surface area contributed by atoms with Gasteiger partial charge in [0.2, 0.25) is 0 Å². The topological polar surface area (TPSA) is 62.6 Å². The van der Waals surface area contributed by atoms with Gasteiger partial charge in [-0.2, -0.15) is 0 Å². The van der Waals surface area contributed by atoms with Crippen LogP contribution in [0.15, 0.2) is 36.4 Å². The number of hydrogen-bond donors (Lipinski definition) is 2. The second-order valence-electron chi connectivity index (χ2n) is 5.23. The molecule has 1 aromatic heterocycles. The van der Waals surface area contributed by atoms with Crippen LogP contribution in [0.25, 0.3) is 22.2 Å². The van der Waals surface area contributed by atoms with E-state index in [2.05, 4.69) is 0 Å². The van der Waals surface area contributed by atoms with Gasteiger partial charge in [-0.25, -0.2) is 4.98 Å². The van der Waals surface area contributed by atoms with Crippen LogP contribution in [0.3, 0.4) is 0 Å². The van der Waals surface area contributed by atoms with Gasteiger partial charge in [0.25, 0.3) is 0 Å². The number of benzene rings is 2. The molecule has 0 saturated carbocycles. The zero-order chi connectivity index (χ0) is 14.6. The summed E-state index contributed by atoms with van der Waals surface area (Å²) in [4.78, 5) is 4.72. The average molecular weight is 279 g/mol. The van der Waals surface area contributed by atoms with Crippen LogP contribution in [0.5, 0.6) is 17.2 Å². The van der Waals surface area contributed by atoms with Crippen molar-refractivity contribution in [3.8, 4) is 28.5 Å². The lowest BCUT2D eigenvalue weighted by molar-refractivity contribution is 0.299. The fraction of sp³-hybridized carbons (Fsp3) is 0.118. The summed E-state index contributed by atoms with van der Waals surface area (Å²) in [5, 5.41) is 20.2. The summed E-state index contributed by atoms with van der Waals surface area (Å²) in [5.74, 6) is 1.06. The van der Waals surface area contributed by atoms with Gasteiger partial charge in [-0.15, -0.1) is 0 Å². The Kier molecular flexibility index (Phi) is 2.36. The third kappa shape index (κ3) is 1.72. The summed E-state index contributed by atoms with van der Waals surface area (Å²) in [5.41, 5.74) is 4.68. The molecule has 4 nitrogen and oxygen atoms in total. The fourth-order valence-electron chi connectivity index (χ4n) is 2.83. The lowest BCUT2D eigenvalue weighted by Crippen LogP contribution is -2.09. The van der Waals surface area contributed by atoms with Crippen LogP contribution >= 0.6 is 0 Å². The molecule has 0 unspecified atom stereocenters. The van der Waals surface area contributed by atoms with E-state index in [0.717, 1.165) is 33.3 Å². The molecule has 2 N–H and O–H groups in total. The van der Waals surface area contributed by atoms with Crippen LogP contribution in [0.2, 0.25) is 0 Å². The Labute approximate surface area is 121 Å². The molecule has 2 heterocycles. The first kappa shape index (κ1) is 12.0. The van der Waals surface area contributed by atoms with E-state index in [9.17, 15) is 10.2 Å². The van der Waals surface area contributed by atoms with Gasteiger partial charge in [-0.3, -0.25) is 0 Å². The second kappa shape index (κ2) is 4.12. The highest BCUT2D eigenvalue weighted by molar-refractivity contribution is 5.89. The Morgan fingerprint density at radius 3 is 2.67 bits per heavy atom. The number of aryl methyl sites for hydroxylation is 1. The first-order valence-corrected chi connectivity index (χ1v) is 6.72. The number of phenols is 2. The van der Waals surface area contributed by atoms with Gasteiger partial charge < -0.3 is 14.9 Å². The van der Waals surface area contributed by atoms with Crippen molar-refractivity contribution in [1.29, 1.82) is 0 Å². The first-order chi connectivity index (χ1) is 10.1. The van der Waals surface area contributed by atoms with Crippen molar-refractivity contribution in [2.24, 2.45) is 0 Å². The van der Waals surface area contributed by atoms with Crippen molar-refractivity contribution >= 4 is 10.9 Å². The molecule has 1 aliphatic heterocycles. The van der Waals surface area contributed by atoms with Crippen LogP contribution in [-0.2, 0) is 6.61 Å². The molecule has 0 aliphatic carbocycles. The van der Waals surface area contributed by atoms with E-state index in [1.807, 2.05) is 19.1 Å². The van der Waals surface area contributed by atoms with E-state index in [1.54, 1.807) is 24.3 Å². The predicted octanol–water partition coefficient (Wildman–Crippen LogP) is 3.51. The van der Waals surface area contributed by atoms with Crippen molar-refractivity contribution in [2.45, 2.75) is 13.5 Å². The van der Waals surface area contributed by atoms with Crippen molar-refractivity contribution < 1.29 is 14.9 Å². The Bertz CT molecular complexity index is 887. The van der Waals surface area contributed by atoms with Crippen LogP contribution < -0.4 is 4.74 Å². The number of nitrogens with zero attached hydrogens (tertiary/aromatic N) is 1. The Hall–Kier alpha value is -2.75. The zero-order valence-electron chi connectivity index (χ0n) is 11.4. The van der Waals surface area contributed by atoms with Crippen molar-refractivity contribution in [3.05, 3.63) is 47.5 Å². The third-order valence-electron chi connectivity index (χ3n) is 3.95. The molecule has 2 aromatic carbocycles. The van der Waals surface area contributed by atoms with Crippen LogP contribution in [-0.4, -0.2) is 15.2 Å². The van der Waals surface area contributed by atoms with Gasteiger partial charge in [0, 0.05) is 22.6 Å². The summed E-state index contributed by atoms with van der Waals surface area (Å²) >= 11 is 0. The van der Waals surface area contributed by atoms with Gasteiger partial charge in [-0.05, 0) is 42.8 Å². The van der Waals surface area contributed by atoms with Crippen molar-refractivity contribution in [2.75, 3.05) is 0 Å². The molecule has 104 valence electrons. The molecule has 1 aliphatic rings. The van der Waals surface area contributed by atoms with E-state index in [-0.39, 0.29) is 11.5 Å². The lowest BCUT2D eigenvalue weighted by Gasteiger charge is -2.22. The van der Waals surface area contributed by atoms with Crippen LogP contribution in [0.1, 0.15) is 11.1 Å². The molecule has 0 amide bonds. The number of pyridine rings is 1. The van der Waals surface area contributed by atoms with E-state index in [0.29, 0.717) is 12.4 Å². The van der Waals surface area contributed by atoms with Gasteiger partial charge in [-0.1, -0.05) is 0 Å². The summed E-state index contributed by atoms with van der Waals surface area (Å²) in [6.07, 6.45) is 0. The number of fused-ring (bicyclic) bond motifs is 4. The minimum Gasteiger partial charge on any atom is -0.508 e. The summed E-state index contributed by atoms with van der Waals surface area (Å²) in [6.45, 7) is 2.42. The molecule has 0 radical (unpaired) electrons. The van der Waals surface area contributed by atoms with Gasteiger partial charge in [0.15, 0.2) is 0 Å². The number of ether oxygens (including phenoxy) is 1. The molecule has 0 saturated heterocycles. The van der Waals surface area contributed by atoms with Gasteiger partial charge in [0.1, 0.15) is 23.9 Å². The minimum atomic E-state index is 0.180. The lowest BCUT2D eigenvalue weighted by atomic mass is 9.96. The highest BCUT2D eigenvalue weighted by Gasteiger charge is 2.22. The highest BCUT2D eigenvalue weighted by Crippen LogP contribution is 2.41. The summed E-state index contributed by atoms with van der Waals surface area (Å²) in [7, 11) is 0. The molecule has 0 spiro atoms. The van der Waals surface area contributed by atoms with E-state index >= 15 is 0 Å². The monoisotopic (exact) mass is 279 g/mol. The minimum absolute atomic E-state index is 0.180. The van der Waals surface area contributed by atoms with Crippen LogP contribution in [0.4, 0.5) is 0 Å². The second-order valence-corrected chi connectivity index (χ2v) is 5.23. The number of aromatic nitrogens is 1. The van der Waals surface area contributed by atoms with E-state index < -0.39 is 0 Å². The van der Waals surface area contributed by atoms with Crippen molar-refractivity contribution in [1.82, 2.24) is 4.98 Å². The molecule has 21 heavy (non-hydrogen) atoms. The summed E-state index contributed by atoms with van der Waals surface area (Å²) < 4.78 is 5.73. The number of phenolic OH excluding ortho intramolecular Hbond substituents is 2. The maximum atomic E-state index is 9.66. The molecule has 0 bridgehead atoms. The number of hydrogen-bond acceptors (Lipinski definition) is 4. The molecular weight excluding hydrogens is 266 g/mol. The van der Waals surface area contributed by atoms with Gasteiger partial charge in [0.05, 0.1) is 11.2 Å². The molecule has 4 heteroatoms. The molecule has 4 rings (SSSR count). The Morgan fingerprint density at radius 1 is 1.05 bits per heavy atom. The zero-order valence-corrected chi connectivity index (χ0v) is 11.4. The van der Waals surface area contributed by atoms with E-state index in [1.165, 1.54) is 0 Å². The molecule has 0 fully saturated rings. The fourth-order valence-corrected chi connectivity index (χ4v) is 2.83. The van der Waals surface area contributed by atoms with Crippen molar-refractivity contribution in [3.63, 3.8) is 0 Å². The maximum Gasteiger partial charge on any atom is 0.132 e. The number of aromatic hydroxyl groups is 2.